The summed E-state index contributed by atoms with van der Waals surface area (Å²) in [6, 6.07) is 0.575. The number of nitrogens with one attached hydrogen (secondary N) is 1. The molecule has 18 heavy (non-hydrogen) atoms. The third-order valence-corrected chi connectivity index (χ3v) is 3.60. The van der Waals surface area contributed by atoms with Crippen LogP contribution in [-0.2, 0) is 12.8 Å². The smallest absolute Gasteiger partial charge is 0.131 e. The first-order chi connectivity index (χ1) is 8.56. The van der Waals surface area contributed by atoms with Crippen LogP contribution in [0.25, 0.3) is 0 Å². The molecule has 0 saturated carbocycles. The molecule has 1 aromatic heterocycles. The number of hydrogen-bond donors (Lipinski definition) is 1. The summed E-state index contributed by atoms with van der Waals surface area (Å²) in [5.41, 5.74) is 2.65. The Morgan fingerprint density at radius 2 is 2.11 bits per heavy atom. The summed E-state index contributed by atoms with van der Waals surface area (Å²) in [6.45, 7) is 9.83. The first-order valence-corrected chi connectivity index (χ1v) is 7.14. The zero-order valence-electron chi connectivity index (χ0n) is 12.0. The van der Waals surface area contributed by atoms with Gasteiger partial charge in [-0.15, -0.1) is 0 Å². The second-order valence-electron chi connectivity index (χ2n) is 6.03. The van der Waals surface area contributed by atoms with Crippen molar-refractivity contribution < 1.29 is 0 Å². The normalized spacial score (nSPS) is 19.3. The summed E-state index contributed by atoms with van der Waals surface area (Å²) in [7, 11) is 0. The predicted molar refractivity (Wildman–Crippen MR) is 74.8 cm³/mol. The van der Waals surface area contributed by atoms with Crippen LogP contribution in [0.15, 0.2) is 6.20 Å². The van der Waals surface area contributed by atoms with Gasteiger partial charge in [0.15, 0.2) is 0 Å². The van der Waals surface area contributed by atoms with Gasteiger partial charge in [0.25, 0.3) is 0 Å². The van der Waals surface area contributed by atoms with Crippen molar-refractivity contribution in [2.24, 2.45) is 5.92 Å². The third-order valence-electron chi connectivity index (χ3n) is 3.60. The Morgan fingerprint density at radius 3 is 2.78 bits per heavy atom. The fourth-order valence-corrected chi connectivity index (χ4v) is 2.45. The van der Waals surface area contributed by atoms with E-state index < -0.39 is 0 Å². The van der Waals surface area contributed by atoms with E-state index in [0.29, 0.717) is 12.0 Å². The van der Waals surface area contributed by atoms with Gasteiger partial charge >= 0.3 is 0 Å². The minimum absolute atomic E-state index is 0.427. The summed E-state index contributed by atoms with van der Waals surface area (Å²) >= 11 is 0. The Morgan fingerprint density at radius 1 is 1.33 bits per heavy atom. The molecule has 1 atom stereocenters. The quantitative estimate of drug-likeness (QED) is 0.889. The molecule has 0 aromatic carbocycles. The average molecular weight is 247 g/mol. The van der Waals surface area contributed by atoms with Crippen molar-refractivity contribution in [1.29, 1.82) is 0 Å². The summed E-state index contributed by atoms with van der Waals surface area (Å²) in [5.74, 6) is 2.16. The van der Waals surface area contributed by atoms with Crippen molar-refractivity contribution in [2.45, 2.75) is 58.9 Å². The molecule has 0 saturated heterocycles. The predicted octanol–water partition coefficient (Wildman–Crippen LogP) is 2.70. The van der Waals surface area contributed by atoms with Gasteiger partial charge in [-0.2, -0.15) is 0 Å². The Hall–Kier alpha value is -0.960. The molecule has 1 N–H and O–H groups in total. The number of aromatic nitrogens is 2. The van der Waals surface area contributed by atoms with Crippen LogP contribution < -0.4 is 5.32 Å². The van der Waals surface area contributed by atoms with Crippen LogP contribution in [0.3, 0.4) is 0 Å². The fourth-order valence-electron chi connectivity index (χ4n) is 2.45. The second-order valence-corrected chi connectivity index (χ2v) is 6.03. The highest BCUT2D eigenvalue weighted by Gasteiger charge is 2.20. The highest BCUT2D eigenvalue weighted by Crippen LogP contribution is 2.24. The number of hydrogen-bond acceptors (Lipinski definition) is 3. The van der Waals surface area contributed by atoms with E-state index in [4.69, 9.17) is 4.98 Å². The van der Waals surface area contributed by atoms with Gasteiger partial charge < -0.3 is 5.32 Å². The maximum atomic E-state index is 4.71. The second kappa shape index (κ2) is 5.79. The molecular weight excluding hydrogens is 222 g/mol. The standard InChI is InChI=1S/C15H25N3/c1-10(2)15-17-9-13-7-12(8-16-11(3)4)5-6-14(13)18-15/h9-12,16H,5-8H2,1-4H3. The van der Waals surface area contributed by atoms with E-state index >= 15 is 0 Å². The zero-order chi connectivity index (χ0) is 13.1. The van der Waals surface area contributed by atoms with Crippen molar-refractivity contribution in [1.82, 2.24) is 15.3 Å². The summed E-state index contributed by atoms with van der Waals surface area (Å²) in [4.78, 5) is 9.20. The topological polar surface area (TPSA) is 37.8 Å². The number of aryl methyl sites for hydroxylation is 1. The summed E-state index contributed by atoms with van der Waals surface area (Å²) in [5, 5.41) is 3.53. The molecule has 0 aliphatic heterocycles. The molecule has 1 aliphatic rings. The van der Waals surface area contributed by atoms with Gasteiger partial charge in [-0.25, -0.2) is 9.97 Å². The van der Waals surface area contributed by atoms with Crippen LogP contribution in [0.2, 0.25) is 0 Å². The monoisotopic (exact) mass is 247 g/mol. The molecule has 0 radical (unpaired) electrons. The molecule has 1 unspecified atom stereocenters. The van der Waals surface area contributed by atoms with Gasteiger partial charge in [-0.1, -0.05) is 27.7 Å². The Balaban J connectivity index is 2.02. The average Bonchev–Trinajstić information content (AvgIpc) is 2.35. The molecule has 1 heterocycles. The van der Waals surface area contributed by atoms with Crippen molar-refractivity contribution in [3.63, 3.8) is 0 Å². The molecule has 0 amide bonds. The molecule has 3 nitrogen and oxygen atoms in total. The molecule has 0 bridgehead atoms. The van der Waals surface area contributed by atoms with Gasteiger partial charge in [-0.05, 0) is 37.3 Å². The molecule has 100 valence electrons. The van der Waals surface area contributed by atoms with Crippen LogP contribution >= 0.6 is 0 Å². The van der Waals surface area contributed by atoms with E-state index in [1.807, 2.05) is 0 Å². The summed E-state index contributed by atoms with van der Waals surface area (Å²) in [6.07, 6.45) is 5.55. The van der Waals surface area contributed by atoms with Crippen LogP contribution in [-0.4, -0.2) is 22.6 Å². The van der Waals surface area contributed by atoms with Gasteiger partial charge in [0.1, 0.15) is 5.82 Å². The zero-order valence-corrected chi connectivity index (χ0v) is 12.0. The number of fused-ring (bicyclic) bond motifs is 1. The van der Waals surface area contributed by atoms with Crippen molar-refractivity contribution >= 4 is 0 Å². The maximum Gasteiger partial charge on any atom is 0.131 e. The van der Waals surface area contributed by atoms with E-state index in [2.05, 4.69) is 44.2 Å². The number of rotatable bonds is 4. The van der Waals surface area contributed by atoms with E-state index in [-0.39, 0.29) is 0 Å². The lowest BCUT2D eigenvalue weighted by Gasteiger charge is -2.25. The van der Waals surface area contributed by atoms with Crippen LogP contribution in [0, 0.1) is 5.92 Å². The first-order valence-electron chi connectivity index (χ1n) is 7.14. The third kappa shape index (κ3) is 3.29. The minimum atomic E-state index is 0.427. The lowest BCUT2D eigenvalue weighted by molar-refractivity contribution is 0.401. The Labute approximate surface area is 110 Å². The van der Waals surface area contributed by atoms with Crippen molar-refractivity contribution in [2.75, 3.05) is 6.54 Å². The Bertz CT molecular complexity index is 399. The Kier molecular flexibility index (Phi) is 4.33. The fraction of sp³-hybridized carbons (Fsp3) is 0.733. The van der Waals surface area contributed by atoms with Crippen LogP contribution in [0.1, 0.15) is 57.1 Å². The molecule has 2 rings (SSSR count). The van der Waals surface area contributed by atoms with Crippen molar-refractivity contribution in [3.05, 3.63) is 23.3 Å². The molecule has 1 aromatic rings. The lowest BCUT2D eigenvalue weighted by atomic mass is 9.87. The highest BCUT2D eigenvalue weighted by molar-refractivity contribution is 5.22. The van der Waals surface area contributed by atoms with Crippen LogP contribution in [0.5, 0.6) is 0 Å². The summed E-state index contributed by atoms with van der Waals surface area (Å²) < 4.78 is 0. The molecular formula is C15H25N3. The van der Waals surface area contributed by atoms with E-state index in [1.165, 1.54) is 17.7 Å². The molecule has 3 heteroatoms. The van der Waals surface area contributed by atoms with Gasteiger partial charge in [0, 0.05) is 23.9 Å². The SMILES string of the molecule is CC(C)NCC1CCc2nc(C(C)C)ncc2C1. The van der Waals surface area contributed by atoms with Crippen LogP contribution in [0.4, 0.5) is 0 Å². The van der Waals surface area contributed by atoms with Gasteiger partial charge in [0.05, 0.1) is 0 Å². The molecule has 1 aliphatic carbocycles. The molecule has 0 spiro atoms. The van der Waals surface area contributed by atoms with E-state index in [0.717, 1.165) is 31.1 Å². The lowest BCUT2D eigenvalue weighted by Crippen LogP contribution is -2.32. The van der Waals surface area contributed by atoms with Crippen molar-refractivity contribution in [3.8, 4) is 0 Å². The minimum Gasteiger partial charge on any atom is -0.314 e. The highest BCUT2D eigenvalue weighted by atomic mass is 14.9. The van der Waals surface area contributed by atoms with Gasteiger partial charge in [-0.3, -0.25) is 0 Å². The maximum absolute atomic E-state index is 4.71. The van der Waals surface area contributed by atoms with E-state index in [1.54, 1.807) is 0 Å². The van der Waals surface area contributed by atoms with Gasteiger partial charge in [0.2, 0.25) is 0 Å². The molecule has 0 fully saturated rings. The number of nitrogens with zero attached hydrogens (tertiary/aromatic N) is 2. The largest absolute Gasteiger partial charge is 0.314 e. The van der Waals surface area contributed by atoms with E-state index in [9.17, 15) is 0 Å². The first kappa shape index (κ1) is 13.5.